The number of fused-ring (bicyclic) bond motifs is 1. The summed E-state index contributed by atoms with van der Waals surface area (Å²) in [6, 6.07) is 13.5. The Labute approximate surface area is 267 Å². The molecule has 2 amide bonds. The third-order valence-corrected chi connectivity index (χ3v) is 9.21. The van der Waals surface area contributed by atoms with Crippen LogP contribution >= 0.6 is 0 Å². The molecule has 3 heterocycles. The van der Waals surface area contributed by atoms with Gasteiger partial charge in [0.25, 0.3) is 0 Å². The fourth-order valence-corrected chi connectivity index (χ4v) is 7.11. The lowest BCUT2D eigenvalue weighted by molar-refractivity contribution is -0.884. The van der Waals surface area contributed by atoms with Crippen molar-refractivity contribution in [3.63, 3.8) is 0 Å². The van der Waals surface area contributed by atoms with Crippen LogP contribution in [0.25, 0.3) is 0 Å². The van der Waals surface area contributed by atoms with Crippen molar-refractivity contribution in [3.8, 4) is 11.5 Å². The Morgan fingerprint density at radius 3 is 2.58 bits per heavy atom. The van der Waals surface area contributed by atoms with E-state index in [1.165, 1.54) is 5.56 Å². The van der Waals surface area contributed by atoms with Gasteiger partial charge in [0.2, 0.25) is 18.6 Å². The molecule has 2 fully saturated rings. The molecule has 2 aromatic carbocycles. The first-order valence-electron chi connectivity index (χ1n) is 16.4. The highest BCUT2D eigenvalue weighted by molar-refractivity contribution is 5.95. The molecule has 0 bridgehead atoms. The van der Waals surface area contributed by atoms with Gasteiger partial charge < -0.3 is 28.9 Å². The summed E-state index contributed by atoms with van der Waals surface area (Å²) in [5, 5.41) is 10.6. The normalized spacial score (nSPS) is 21.5. The van der Waals surface area contributed by atoms with E-state index >= 15 is 0 Å². The van der Waals surface area contributed by atoms with E-state index in [1.54, 1.807) is 0 Å². The van der Waals surface area contributed by atoms with Crippen LogP contribution in [0, 0.1) is 5.92 Å². The highest BCUT2D eigenvalue weighted by Gasteiger charge is 2.47. The number of rotatable bonds is 14. The van der Waals surface area contributed by atoms with Gasteiger partial charge in [-0.25, -0.2) is 0 Å². The number of amides is 2. The first-order chi connectivity index (χ1) is 21.5. The van der Waals surface area contributed by atoms with E-state index < -0.39 is 11.9 Å². The largest absolute Gasteiger partial charge is 0.481 e. The number of unbranched alkanes of at least 4 members (excludes halogenated alkanes) is 1. The molecule has 5 rings (SSSR count). The second-order valence-electron chi connectivity index (χ2n) is 13.7. The summed E-state index contributed by atoms with van der Waals surface area (Å²) in [5.74, 6) is -0.479. The monoisotopic (exact) mass is 621 g/mol. The van der Waals surface area contributed by atoms with Crippen molar-refractivity contribution in [2.45, 2.75) is 64.0 Å². The van der Waals surface area contributed by atoms with Crippen LogP contribution < -0.4 is 14.4 Å². The highest BCUT2D eigenvalue weighted by Crippen LogP contribution is 2.43. The minimum absolute atomic E-state index is 0.0268. The van der Waals surface area contributed by atoms with E-state index in [4.69, 9.17) is 9.47 Å². The average molecular weight is 622 g/mol. The van der Waals surface area contributed by atoms with Crippen molar-refractivity contribution in [1.29, 1.82) is 0 Å². The second-order valence-corrected chi connectivity index (χ2v) is 13.7. The number of aliphatic carboxylic acids is 1. The molecule has 3 atom stereocenters. The van der Waals surface area contributed by atoms with Crippen molar-refractivity contribution in [2.24, 2.45) is 5.92 Å². The second kappa shape index (κ2) is 14.2. The van der Waals surface area contributed by atoms with Crippen molar-refractivity contribution < 1.29 is 33.4 Å². The van der Waals surface area contributed by atoms with Gasteiger partial charge >= 0.3 is 5.97 Å². The molecule has 45 heavy (non-hydrogen) atoms. The van der Waals surface area contributed by atoms with Crippen LogP contribution in [0.5, 0.6) is 11.5 Å². The first-order valence-corrected chi connectivity index (χ1v) is 16.4. The quantitative estimate of drug-likeness (QED) is 0.314. The summed E-state index contributed by atoms with van der Waals surface area (Å²) >= 11 is 0. The molecule has 3 aliphatic rings. The van der Waals surface area contributed by atoms with E-state index in [1.807, 2.05) is 40.1 Å². The first kappa shape index (κ1) is 32.8. The molecule has 0 aromatic heterocycles. The zero-order chi connectivity index (χ0) is 32.1. The Bertz CT molecular complexity index is 1370. The summed E-state index contributed by atoms with van der Waals surface area (Å²) in [5.41, 5.74) is 2.92. The average Bonchev–Trinajstić information content (AvgIpc) is 3.71. The number of quaternary nitrogens is 1. The van der Waals surface area contributed by atoms with Crippen LogP contribution in [0.4, 0.5) is 5.69 Å². The number of carbonyl (C=O) groups is 3. The number of hydrogen-bond donors (Lipinski definition) is 1. The number of carboxylic acid groups (broad SMARTS) is 1. The molecular weight excluding hydrogens is 572 g/mol. The summed E-state index contributed by atoms with van der Waals surface area (Å²) in [7, 11) is 6.44. The molecule has 2 saturated heterocycles. The maximum Gasteiger partial charge on any atom is 0.308 e. The molecule has 0 saturated carbocycles. The predicted octanol–water partition coefficient (Wildman–Crippen LogP) is 4.33. The summed E-state index contributed by atoms with van der Waals surface area (Å²) in [4.78, 5) is 45.2. The minimum Gasteiger partial charge on any atom is -0.481 e. The Kier molecular flexibility index (Phi) is 10.3. The third kappa shape index (κ3) is 7.97. The lowest BCUT2D eigenvalue weighted by Crippen LogP contribution is -2.45. The van der Waals surface area contributed by atoms with Gasteiger partial charge in [-0.2, -0.15) is 0 Å². The topological polar surface area (TPSA) is 99.6 Å². The number of carbonyl (C=O) groups excluding carboxylic acids is 2. The van der Waals surface area contributed by atoms with Crippen LogP contribution in [0.15, 0.2) is 42.5 Å². The number of likely N-dealkylation sites (tertiary alicyclic amines) is 2. The van der Waals surface area contributed by atoms with Crippen LogP contribution in [-0.4, -0.2) is 104 Å². The van der Waals surface area contributed by atoms with Crippen LogP contribution in [0.1, 0.15) is 62.5 Å². The van der Waals surface area contributed by atoms with Crippen molar-refractivity contribution in [3.05, 3.63) is 53.6 Å². The van der Waals surface area contributed by atoms with E-state index in [2.05, 4.69) is 45.1 Å². The fourth-order valence-electron chi connectivity index (χ4n) is 7.11. The maximum atomic E-state index is 14.2. The number of hydrogen-bond acceptors (Lipinski definition) is 6. The van der Waals surface area contributed by atoms with Crippen LogP contribution in [-0.2, 0) is 20.9 Å². The van der Waals surface area contributed by atoms with Crippen molar-refractivity contribution >= 4 is 23.5 Å². The zero-order valence-electron chi connectivity index (χ0n) is 27.2. The Hall–Kier alpha value is -3.63. The van der Waals surface area contributed by atoms with Gasteiger partial charge in [-0.05, 0) is 55.5 Å². The number of nitrogens with zero attached hydrogens (tertiary/aromatic N) is 4. The number of benzene rings is 2. The third-order valence-electron chi connectivity index (χ3n) is 9.21. The van der Waals surface area contributed by atoms with Crippen molar-refractivity contribution in [1.82, 2.24) is 9.80 Å². The van der Waals surface area contributed by atoms with Crippen LogP contribution in [0.2, 0.25) is 0 Å². The van der Waals surface area contributed by atoms with E-state index in [0.717, 1.165) is 48.1 Å². The van der Waals surface area contributed by atoms with Gasteiger partial charge in [0.05, 0.1) is 33.6 Å². The van der Waals surface area contributed by atoms with Gasteiger partial charge in [0.1, 0.15) is 6.54 Å². The zero-order valence-corrected chi connectivity index (χ0v) is 27.2. The molecular formula is C35H49N4O6+. The summed E-state index contributed by atoms with van der Waals surface area (Å²) in [6.45, 7) is 5.65. The predicted molar refractivity (Wildman–Crippen MR) is 172 cm³/mol. The van der Waals surface area contributed by atoms with Gasteiger partial charge in [-0.1, -0.05) is 31.5 Å². The van der Waals surface area contributed by atoms with Crippen molar-refractivity contribution in [2.75, 3.05) is 65.6 Å². The van der Waals surface area contributed by atoms with Crippen LogP contribution in [0.3, 0.4) is 0 Å². The highest BCUT2D eigenvalue weighted by atomic mass is 16.7. The Balaban J connectivity index is 1.40. The molecule has 2 aromatic rings. The Morgan fingerprint density at radius 1 is 1.07 bits per heavy atom. The smallest absolute Gasteiger partial charge is 0.308 e. The molecule has 0 radical (unpaired) electrons. The van der Waals surface area contributed by atoms with Gasteiger partial charge in [0.15, 0.2) is 11.5 Å². The van der Waals surface area contributed by atoms with Gasteiger partial charge in [-0.15, -0.1) is 0 Å². The standard InChI is InChI=1S/C35H48N4O6/c1-5-6-18-38(27-11-7-10-25(19-27)23-39(2,3)4)33(41)22-37-21-28(26-14-15-30-31(20-26)45-24-44-30)34(35(42)43)29(37)12-8-16-36-17-9-13-32(36)40/h7,10-11,14-15,19-20,28-29,34H,5-6,8-9,12-13,16-18,21-24H2,1-4H3/p+1. The Morgan fingerprint density at radius 2 is 1.87 bits per heavy atom. The minimum atomic E-state index is -0.870. The molecule has 10 heteroatoms. The van der Waals surface area contributed by atoms with E-state index in [9.17, 15) is 19.5 Å². The molecule has 0 aliphatic carbocycles. The van der Waals surface area contributed by atoms with E-state index in [0.29, 0.717) is 50.4 Å². The maximum absolute atomic E-state index is 14.2. The van der Waals surface area contributed by atoms with Gasteiger partial charge in [-0.3, -0.25) is 19.3 Å². The summed E-state index contributed by atoms with van der Waals surface area (Å²) in [6.07, 6.45) is 4.55. The SMILES string of the molecule is CCCCN(C(=O)CN1CC(c2ccc3c(c2)OCO3)C(C(=O)O)C1CCCN1CCCC1=O)c1cccc(C[N+](C)(C)C)c1. The van der Waals surface area contributed by atoms with Gasteiger partial charge in [0, 0.05) is 55.8 Å². The molecule has 244 valence electrons. The molecule has 1 N–H and O–H groups in total. The molecule has 10 nitrogen and oxygen atoms in total. The number of ether oxygens (including phenoxy) is 2. The lowest BCUT2D eigenvalue weighted by Gasteiger charge is -2.30. The molecule has 0 spiro atoms. The molecule has 3 aliphatic heterocycles. The fraction of sp³-hybridized carbons (Fsp3) is 0.571. The summed E-state index contributed by atoms with van der Waals surface area (Å²) < 4.78 is 11.9. The number of anilines is 1. The molecule has 3 unspecified atom stereocenters. The van der Waals surface area contributed by atoms with E-state index in [-0.39, 0.29) is 37.1 Å². The number of carboxylic acids is 1. The lowest BCUT2D eigenvalue weighted by atomic mass is 9.83.